The minimum Gasteiger partial charge on any atom is -0.310 e. The number of aryl methyl sites for hydroxylation is 1. The predicted octanol–water partition coefficient (Wildman–Crippen LogP) is 4.05. The van der Waals surface area contributed by atoms with Gasteiger partial charge in [-0.2, -0.15) is 0 Å². The average Bonchev–Trinajstić information content (AvgIpc) is 2.43. The molecule has 0 radical (unpaired) electrons. The van der Waals surface area contributed by atoms with Gasteiger partial charge in [0.15, 0.2) is 0 Å². The molecule has 1 N–H and O–H groups in total. The molecule has 0 saturated heterocycles. The molecule has 0 spiro atoms. The van der Waals surface area contributed by atoms with Crippen LogP contribution in [0.1, 0.15) is 29.7 Å². The van der Waals surface area contributed by atoms with Crippen molar-refractivity contribution in [1.29, 1.82) is 0 Å². The summed E-state index contributed by atoms with van der Waals surface area (Å²) < 4.78 is 1.17. The lowest BCUT2D eigenvalue weighted by atomic mass is 9.98. The molecule has 1 aromatic carbocycles. The van der Waals surface area contributed by atoms with Crippen molar-refractivity contribution in [3.05, 3.63) is 63.9 Å². The van der Waals surface area contributed by atoms with E-state index in [2.05, 4.69) is 70.4 Å². The van der Waals surface area contributed by atoms with Crippen LogP contribution in [0.4, 0.5) is 0 Å². The van der Waals surface area contributed by atoms with E-state index in [-0.39, 0.29) is 0 Å². The molecule has 1 aromatic heterocycles. The van der Waals surface area contributed by atoms with Crippen molar-refractivity contribution in [1.82, 2.24) is 10.3 Å². The molecule has 0 fully saturated rings. The van der Waals surface area contributed by atoms with Gasteiger partial charge in [-0.3, -0.25) is 4.98 Å². The van der Waals surface area contributed by atoms with Crippen LogP contribution >= 0.6 is 15.9 Å². The minimum atomic E-state index is 0.337. The Bertz CT molecular complexity index is 526. The van der Waals surface area contributed by atoms with E-state index in [4.69, 9.17) is 0 Å². The number of nitrogens with one attached hydrogen (secondary N) is 1. The Hall–Kier alpha value is -1.19. The van der Waals surface area contributed by atoms with Gasteiger partial charge in [0.05, 0.1) is 0 Å². The zero-order valence-electron chi connectivity index (χ0n) is 11.4. The van der Waals surface area contributed by atoms with Crippen molar-refractivity contribution in [2.24, 2.45) is 0 Å². The highest BCUT2D eigenvalue weighted by molar-refractivity contribution is 9.10. The number of benzene rings is 1. The quantitative estimate of drug-likeness (QED) is 0.899. The number of nitrogens with zero attached hydrogens (tertiary/aromatic N) is 1. The summed E-state index contributed by atoms with van der Waals surface area (Å²) in [6, 6.07) is 11.1. The molecule has 1 heterocycles. The summed E-state index contributed by atoms with van der Waals surface area (Å²) in [4.78, 5) is 4.07. The molecule has 0 bridgehead atoms. The molecule has 0 aliphatic heterocycles. The first-order valence-electron chi connectivity index (χ1n) is 6.59. The average molecular weight is 319 g/mol. The highest BCUT2D eigenvalue weighted by atomic mass is 79.9. The van der Waals surface area contributed by atoms with Crippen molar-refractivity contribution < 1.29 is 0 Å². The molecule has 0 saturated carbocycles. The fourth-order valence-corrected chi connectivity index (χ4v) is 2.53. The fourth-order valence-electron chi connectivity index (χ4n) is 2.13. The first-order chi connectivity index (χ1) is 9.20. The SMILES string of the molecule is CCNC(Cc1ccncc1)c1ccc(C)c(Br)c1. The van der Waals surface area contributed by atoms with E-state index in [1.807, 2.05) is 12.4 Å². The summed E-state index contributed by atoms with van der Waals surface area (Å²) in [5, 5.41) is 3.55. The maximum atomic E-state index is 4.07. The zero-order valence-corrected chi connectivity index (χ0v) is 12.9. The highest BCUT2D eigenvalue weighted by Gasteiger charge is 2.12. The Morgan fingerprint density at radius 3 is 2.58 bits per heavy atom. The Balaban J connectivity index is 2.21. The van der Waals surface area contributed by atoms with Crippen molar-refractivity contribution in [2.45, 2.75) is 26.3 Å². The van der Waals surface area contributed by atoms with Crippen molar-refractivity contribution in [3.8, 4) is 0 Å². The van der Waals surface area contributed by atoms with Crippen LogP contribution in [0.3, 0.4) is 0 Å². The Morgan fingerprint density at radius 2 is 1.95 bits per heavy atom. The first-order valence-corrected chi connectivity index (χ1v) is 7.38. The van der Waals surface area contributed by atoms with Gasteiger partial charge < -0.3 is 5.32 Å². The number of likely N-dealkylation sites (N-methyl/N-ethyl adjacent to an activating group) is 1. The Kier molecular flexibility index (Phi) is 5.11. The summed E-state index contributed by atoms with van der Waals surface area (Å²) >= 11 is 3.61. The number of aromatic nitrogens is 1. The summed E-state index contributed by atoms with van der Waals surface area (Å²) in [5.41, 5.74) is 3.89. The summed E-state index contributed by atoms with van der Waals surface area (Å²) in [6.07, 6.45) is 4.68. The third-order valence-electron chi connectivity index (χ3n) is 3.24. The van der Waals surface area contributed by atoms with E-state index in [0.29, 0.717) is 6.04 Å². The molecule has 1 atom stereocenters. The van der Waals surface area contributed by atoms with Gasteiger partial charge in [0, 0.05) is 22.9 Å². The molecule has 0 amide bonds. The second kappa shape index (κ2) is 6.83. The van der Waals surface area contributed by atoms with Gasteiger partial charge in [-0.25, -0.2) is 0 Å². The molecule has 3 heteroatoms. The molecular formula is C16H19BrN2. The maximum absolute atomic E-state index is 4.07. The van der Waals surface area contributed by atoms with E-state index < -0.39 is 0 Å². The molecule has 1 unspecified atom stereocenters. The minimum absolute atomic E-state index is 0.337. The lowest BCUT2D eigenvalue weighted by Crippen LogP contribution is -2.23. The summed E-state index contributed by atoms with van der Waals surface area (Å²) in [5.74, 6) is 0. The molecule has 100 valence electrons. The monoisotopic (exact) mass is 318 g/mol. The van der Waals surface area contributed by atoms with Crippen LogP contribution in [-0.4, -0.2) is 11.5 Å². The van der Waals surface area contributed by atoms with Crippen LogP contribution in [0.15, 0.2) is 47.2 Å². The van der Waals surface area contributed by atoms with Crippen LogP contribution in [0.2, 0.25) is 0 Å². The lowest BCUT2D eigenvalue weighted by molar-refractivity contribution is 0.549. The van der Waals surface area contributed by atoms with E-state index in [1.54, 1.807) is 0 Å². The van der Waals surface area contributed by atoms with Crippen LogP contribution in [0.5, 0.6) is 0 Å². The molecule has 0 aliphatic rings. The molecule has 0 aliphatic carbocycles. The van der Waals surface area contributed by atoms with E-state index in [0.717, 1.165) is 13.0 Å². The maximum Gasteiger partial charge on any atom is 0.0361 e. The third kappa shape index (κ3) is 3.88. The first kappa shape index (κ1) is 14.2. The third-order valence-corrected chi connectivity index (χ3v) is 4.09. The van der Waals surface area contributed by atoms with Crippen LogP contribution in [0.25, 0.3) is 0 Å². The largest absolute Gasteiger partial charge is 0.310 e. The number of rotatable bonds is 5. The molecule has 2 aromatic rings. The topological polar surface area (TPSA) is 24.9 Å². The normalized spacial score (nSPS) is 12.4. The van der Waals surface area contributed by atoms with Crippen molar-refractivity contribution >= 4 is 15.9 Å². The van der Waals surface area contributed by atoms with Crippen LogP contribution in [0, 0.1) is 6.92 Å². The molecule has 19 heavy (non-hydrogen) atoms. The van der Waals surface area contributed by atoms with Crippen molar-refractivity contribution in [3.63, 3.8) is 0 Å². The highest BCUT2D eigenvalue weighted by Crippen LogP contribution is 2.24. The molecule has 2 nitrogen and oxygen atoms in total. The van der Waals surface area contributed by atoms with Gasteiger partial charge in [-0.1, -0.05) is 35.0 Å². The second-order valence-corrected chi connectivity index (χ2v) is 5.53. The molecular weight excluding hydrogens is 300 g/mol. The van der Waals surface area contributed by atoms with Crippen molar-refractivity contribution in [2.75, 3.05) is 6.54 Å². The zero-order chi connectivity index (χ0) is 13.7. The smallest absolute Gasteiger partial charge is 0.0361 e. The van der Waals surface area contributed by atoms with Gasteiger partial charge >= 0.3 is 0 Å². The fraction of sp³-hybridized carbons (Fsp3) is 0.312. The number of hydrogen-bond acceptors (Lipinski definition) is 2. The number of hydrogen-bond donors (Lipinski definition) is 1. The number of halogens is 1. The van der Waals surface area contributed by atoms with Gasteiger partial charge in [0.1, 0.15) is 0 Å². The van der Waals surface area contributed by atoms with E-state index >= 15 is 0 Å². The van der Waals surface area contributed by atoms with Gasteiger partial charge in [-0.05, 0) is 54.8 Å². The Labute approximate surface area is 123 Å². The van der Waals surface area contributed by atoms with Crippen LogP contribution in [-0.2, 0) is 6.42 Å². The Morgan fingerprint density at radius 1 is 1.21 bits per heavy atom. The lowest BCUT2D eigenvalue weighted by Gasteiger charge is -2.19. The number of pyridine rings is 1. The predicted molar refractivity (Wildman–Crippen MR) is 83.2 cm³/mol. The van der Waals surface area contributed by atoms with E-state index in [1.165, 1.54) is 21.2 Å². The second-order valence-electron chi connectivity index (χ2n) is 4.68. The van der Waals surface area contributed by atoms with Gasteiger partial charge in [0.2, 0.25) is 0 Å². The summed E-state index contributed by atoms with van der Waals surface area (Å²) in [6.45, 7) is 5.21. The summed E-state index contributed by atoms with van der Waals surface area (Å²) in [7, 11) is 0. The van der Waals surface area contributed by atoms with Gasteiger partial charge in [-0.15, -0.1) is 0 Å². The van der Waals surface area contributed by atoms with Crippen LogP contribution < -0.4 is 5.32 Å². The molecule has 2 rings (SSSR count). The van der Waals surface area contributed by atoms with E-state index in [9.17, 15) is 0 Å². The van der Waals surface area contributed by atoms with Gasteiger partial charge in [0.25, 0.3) is 0 Å². The standard InChI is InChI=1S/C16H19BrN2/c1-3-19-16(10-13-6-8-18-9-7-13)14-5-4-12(2)15(17)11-14/h4-9,11,16,19H,3,10H2,1-2H3.